The second-order valence-corrected chi connectivity index (χ2v) is 7.81. The summed E-state index contributed by atoms with van der Waals surface area (Å²) in [6.45, 7) is 0. The van der Waals surface area contributed by atoms with E-state index in [4.69, 9.17) is 11.6 Å². The average Bonchev–Trinajstić information content (AvgIpc) is 3.19. The summed E-state index contributed by atoms with van der Waals surface area (Å²) in [6, 6.07) is 0. The summed E-state index contributed by atoms with van der Waals surface area (Å²) >= 11 is 9.27. The van der Waals surface area contributed by atoms with E-state index in [0.29, 0.717) is 0 Å². The summed E-state index contributed by atoms with van der Waals surface area (Å²) in [5, 5.41) is 1.19. The Kier molecular flexibility index (Phi) is 8.06. The number of rotatable bonds is 3. The molecule has 0 spiro atoms. The number of alkyl halides is 2. The molecule has 0 saturated heterocycles. The molecule has 0 aromatic rings. The van der Waals surface area contributed by atoms with Crippen LogP contribution in [0.2, 0.25) is 0 Å². The van der Waals surface area contributed by atoms with E-state index in [1.807, 2.05) is 0 Å². The number of halogens is 2. The summed E-state index contributed by atoms with van der Waals surface area (Å²) in [5.41, 5.74) is 0. The van der Waals surface area contributed by atoms with Gasteiger partial charge in [-0.15, -0.1) is 11.6 Å². The second-order valence-electron chi connectivity index (χ2n) is 6.71. The third kappa shape index (κ3) is 4.38. The van der Waals surface area contributed by atoms with Gasteiger partial charge in [0.1, 0.15) is 0 Å². The number of hydrogen-bond acceptors (Lipinski definition) is 0. The first-order chi connectivity index (χ1) is 9.30. The lowest BCUT2D eigenvalue weighted by Gasteiger charge is -2.15. The molecule has 0 aliphatic heterocycles. The highest BCUT2D eigenvalue weighted by molar-refractivity contribution is 9.09. The van der Waals surface area contributed by atoms with Crippen molar-refractivity contribution in [2.75, 3.05) is 11.2 Å². The second kappa shape index (κ2) is 8.77. The maximum absolute atomic E-state index is 5.77. The Labute approximate surface area is 145 Å². The summed E-state index contributed by atoms with van der Waals surface area (Å²) < 4.78 is 0. The van der Waals surface area contributed by atoms with Crippen LogP contribution in [0, 0.1) is 35.5 Å². The standard InChI is InChI=1S/C9H13Br.C8H11Cl.2CH4/c10-4-3-9-6-7-1-2-8(9)5-7;9-5-8-4-6-1-2-7(8)3-6;;/h1-2,7-9H,3-6H2;1-2,6-8H,3-5H2;2*1H4. The Morgan fingerprint density at radius 1 is 0.810 bits per heavy atom. The first-order valence-electron chi connectivity index (χ1n) is 7.78. The highest BCUT2D eigenvalue weighted by Gasteiger charge is 2.35. The van der Waals surface area contributed by atoms with Crippen molar-refractivity contribution in [3.05, 3.63) is 24.3 Å². The zero-order valence-electron chi connectivity index (χ0n) is 11.5. The molecule has 122 valence electrons. The predicted octanol–water partition coefficient (Wildman–Crippen LogP) is 6.69. The van der Waals surface area contributed by atoms with E-state index in [1.165, 1.54) is 37.4 Å². The third-order valence-electron chi connectivity index (χ3n) is 5.51. The van der Waals surface area contributed by atoms with Gasteiger partial charge in [0.2, 0.25) is 0 Å². The molecule has 0 heterocycles. The first kappa shape index (κ1) is 19.3. The molecule has 0 nitrogen and oxygen atoms in total. The lowest BCUT2D eigenvalue weighted by Crippen LogP contribution is -2.07. The van der Waals surface area contributed by atoms with Crippen LogP contribution in [0.25, 0.3) is 0 Å². The molecule has 4 aliphatic carbocycles. The van der Waals surface area contributed by atoms with Gasteiger partial charge >= 0.3 is 0 Å². The van der Waals surface area contributed by atoms with Crippen LogP contribution >= 0.6 is 27.5 Å². The summed E-state index contributed by atoms with van der Waals surface area (Å²) in [6.07, 6.45) is 16.6. The summed E-state index contributed by atoms with van der Waals surface area (Å²) in [7, 11) is 0. The molecule has 2 fully saturated rings. The van der Waals surface area contributed by atoms with Crippen molar-refractivity contribution >= 4 is 27.5 Å². The van der Waals surface area contributed by atoms with Crippen molar-refractivity contribution in [1.82, 2.24) is 0 Å². The topological polar surface area (TPSA) is 0 Å². The molecule has 0 amide bonds. The van der Waals surface area contributed by atoms with Crippen LogP contribution in [-0.2, 0) is 0 Å². The molecule has 4 aliphatic rings. The van der Waals surface area contributed by atoms with Gasteiger partial charge in [0.25, 0.3) is 0 Å². The van der Waals surface area contributed by atoms with Crippen molar-refractivity contribution in [3.8, 4) is 0 Å². The molecule has 2 saturated carbocycles. The van der Waals surface area contributed by atoms with E-state index >= 15 is 0 Å². The highest BCUT2D eigenvalue weighted by atomic mass is 79.9. The van der Waals surface area contributed by atoms with Crippen molar-refractivity contribution in [2.45, 2.75) is 47.0 Å². The Morgan fingerprint density at radius 3 is 1.62 bits per heavy atom. The van der Waals surface area contributed by atoms with E-state index in [9.17, 15) is 0 Å². The normalized spacial score (nSPS) is 40.5. The van der Waals surface area contributed by atoms with E-state index in [1.54, 1.807) is 0 Å². The minimum Gasteiger partial charge on any atom is -0.126 e. The Hall–Kier alpha value is 0.250. The van der Waals surface area contributed by atoms with Crippen LogP contribution in [0.5, 0.6) is 0 Å². The lowest BCUT2D eigenvalue weighted by atomic mass is 9.91. The average molecular weight is 376 g/mol. The monoisotopic (exact) mass is 374 g/mol. The van der Waals surface area contributed by atoms with Crippen LogP contribution in [0.4, 0.5) is 0 Å². The molecule has 4 rings (SSSR count). The predicted molar refractivity (Wildman–Crippen MR) is 100 cm³/mol. The molecule has 21 heavy (non-hydrogen) atoms. The first-order valence-corrected chi connectivity index (χ1v) is 9.44. The fraction of sp³-hybridized carbons (Fsp3) is 0.789. The minimum absolute atomic E-state index is 0. The van der Waals surface area contributed by atoms with Crippen LogP contribution in [0.15, 0.2) is 24.3 Å². The largest absolute Gasteiger partial charge is 0.126 e. The quantitative estimate of drug-likeness (QED) is 0.380. The van der Waals surface area contributed by atoms with Gasteiger partial charge in [-0.25, -0.2) is 0 Å². The van der Waals surface area contributed by atoms with Crippen molar-refractivity contribution in [1.29, 1.82) is 0 Å². The van der Waals surface area contributed by atoms with Gasteiger partial charge in [0.05, 0.1) is 0 Å². The number of allylic oxidation sites excluding steroid dienone is 4. The van der Waals surface area contributed by atoms with Gasteiger partial charge in [-0.05, 0) is 67.6 Å². The maximum Gasteiger partial charge on any atom is 0.0257 e. The zero-order valence-corrected chi connectivity index (χ0v) is 13.8. The van der Waals surface area contributed by atoms with Crippen molar-refractivity contribution < 1.29 is 0 Å². The summed E-state index contributed by atoms with van der Waals surface area (Å²) in [5.74, 6) is 6.31. The van der Waals surface area contributed by atoms with Crippen LogP contribution < -0.4 is 0 Å². The Bertz CT molecular complexity index is 363. The van der Waals surface area contributed by atoms with Gasteiger partial charge < -0.3 is 0 Å². The molecule has 2 heteroatoms. The molecule has 0 N–H and O–H groups in total. The molecule has 6 unspecified atom stereocenters. The summed E-state index contributed by atoms with van der Waals surface area (Å²) in [4.78, 5) is 0. The fourth-order valence-electron chi connectivity index (χ4n) is 4.44. The van der Waals surface area contributed by atoms with E-state index in [0.717, 1.165) is 41.4 Å². The van der Waals surface area contributed by atoms with E-state index < -0.39 is 0 Å². The smallest absolute Gasteiger partial charge is 0.0257 e. The van der Waals surface area contributed by atoms with Crippen LogP contribution in [-0.4, -0.2) is 11.2 Å². The molecule has 0 radical (unpaired) electrons. The van der Waals surface area contributed by atoms with Crippen LogP contribution in [0.3, 0.4) is 0 Å². The minimum atomic E-state index is 0. The zero-order chi connectivity index (χ0) is 13.2. The lowest BCUT2D eigenvalue weighted by molar-refractivity contribution is 0.438. The SMILES string of the molecule is BrCCC1CC2C=CC1C2.C.C.ClCC1CC2C=CC1C2. The Morgan fingerprint density at radius 2 is 1.33 bits per heavy atom. The van der Waals surface area contributed by atoms with Gasteiger partial charge in [0, 0.05) is 11.2 Å². The number of fused-ring (bicyclic) bond motifs is 4. The fourth-order valence-corrected chi connectivity index (χ4v) is 5.38. The molecule has 0 aromatic heterocycles. The van der Waals surface area contributed by atoms with Gasteiger partial charge in [-0.3, -0.25) is 0 Å². The molecular weight excluding hydrogens is 344 g/mol. The molecule has 0 aromatic carbocycles. The van der Waals surface area contributed by atoms with Crippen molar-refractivity contribution in [2.24, 2.45) is 35.5 Å². The molecule has 6 atom stereocenters. The van der Waals surface area contributed by atoms with Crippen molar-refractivity contribution in [3.63, 3.8) is 0 Å². The van der Waals surface area contributed by atoms with E-state index in [-0.39, 0.29) is 14.9 Å². The maximum atomic E-state index is 5.77. The van der Waals surface area contributed by atoms with Crippen LogP contribution in [0.1, 0.15) is 47.0 Å². The Balaban J connectivity index is 0.000000192. The molecule has 4 bridgehead atoms. The molecular formula is C19H32BrCl. The third-order valence-corrected chi connectivity index (χ3v) is 6.37. The number of hydrogen-bond donors (Lipinski definition) is 0. The van der Waals surface area contributed by atoms with Gasteiger partial charge in [0.15, 0.2) is 0 Å². The highest BCUT2D eigenvalue weighted by Crippen LogP contribution is 2.45. The van der Waals surface area contributed by atoms with Gasteiger partial charge in [-0.2, -0.15) is 0 Å². The van der Waals surface area contributed by atoms with E-state index in [2.05, 4.69) is 40.2 Å². The van der Waals surface area contributed by atoms with Gasteiger partial charge in [-0.1, -0.05) is 55.1 Å².